The van der Waals surface area contributed by atoms with Crippen LogP contribution in [0.3, 0.4) is 0 Å². The summed E-state index contributed by atoms with van der Waals surface area (Å²) in [5.74, 6) is 0. The van der Waals surface area contributed by atoms with Gasteiger partial charge in [0.25, 0.3) is 0 Å². The smallest absolute Gasteiger partial charge is 0.410 e. The molecule has 1 spiro atoms. The Kier molecular flexibility index (Phi) is 2.21. The van der Waals surface area contributed by atoms with E-state index in [4.69, 9.17) is 4.74 Å². The van der Waals surface area contributed by atoms with Gasteiger partial charge in [-0.1, -0.05) is 0 Å². The third-order valence-electron chi connectivity index (χ3n) is 3.00. The summed E-state index contributed by atoms with van der Waals surface area (Å²) in [4.78, 5) is 13.4. The van der Waals surface area contributed by atoms with Gasteiger partial charge in [0.2, 0.25) is 0 Å². The Hall–Kier alpha value is -0.800. The highest BCUT2D eigenvalue weighted by molar-refractivity contribution is 5.70. The molecule has 0 unspecified atom stereocenters. The fourth-order valence-electron chi connectivity index (χ4n) is 2.18. The maximum atomic E-state index is 13.3. The lowest BCUT2D eigenvalue weighted by atomic mass is 10.2. The second-order valence-corrected chi connectivity index (χ2v) is 5.62. The molecule has 0 N–H and O–H groups in total. The minimum absolute atomic E-state index is 0.193. The summed E-state index contributed by atoms with van der Waals surface area (Å²) in [6.45, 7) is 5.68. The van der Waals surface area contributed by atoms with Gasteiger partial charge in [-0.3, -0.25) is 4.90 Å². The van der Waals surface area contributed by atoms with Crippen molar-refractivity contribution in [3.8, 4) is 0 Å². The molecule has 0 bridgehead atoms. The van der Waals surface area contributed by atoms with Crippen molar-refractivity contribution in [2.24, 2.45) is 0 Å². The first kappa shape index (κ1) is 10.7. The third-order valence-corrected chi connectivity index (χ3v) is 3.00. The van der Waals surface area contributed by atoms with Gasteiger partial charge in [0.1, 0.15) is 11.8 Å². The van der Waals surface area contributed by atoms with E-state index in [0.717, 1.165) is 12.8 Å². The molecule has 86 valence electrons. The van der Waals surface area contributed by atoms with Crippen LogP contribution in [0.25, 0.3) is 0 Å². The fourth-order valence-corrected chi connectivity index (χ4v) is 2.18. The monoisotopic (exact) mass is 215 g/mol. The van der Waals surface area contributed by atoms with Gasteiger partial charge in [-0.25, -0.2) is 9.18 Å². The van der Waals surface area contributed by atoms with Crippen LogP contribution in [-0.4, -0.2) is 34.8 Å². The summed E-state index contributed by atoms with van der Waals surface area (Å²) in [5.41, 5.74) is -0.691. The molecule has 1 saturated heterocycles. The number of carbonyl (C=O) groups excluding carboxylic acids is 1. The number of hydrogen-bond donors (Lipinski definition) is 0. The van der Waals surface area contributed by atoms with E-state index in [1.807, 2.05) is 20.8 Å². The van der Waals surface area contributed by atoms with Crippen LogP contribution >= 0.6 is 0 Å². The first-order valence-corrected chi connectivity index (χ1v) is 5.47. The Bertz CT molecular complexity index is 281. The van der Waals surface area contributed by atoms with Gasteiger partial charge in [0.05, 0.1) is 6.54 Å². The van der Waals surface area contributed by atoms with E-state index in [1.165, 1.54) is 0 Å². The second kappa shape index (κ2) is 3.09. The molecule has 2 aliphatic rings. The Morgan fingerprint density at radius 1 is 1.47 bits per heavy atom. The van der Waals surface area contributed by atoms with Crippen molar-refractivity contribution in [1.82, 2.24) is 4.90 Å². The molecular weight excluding hydrogens is 197 g/mol. The third kappa shape index (κ3) is 2.08. The summed E-state index contributed by atoms with van der Waals surface area (Å²) in [6, 6.07) is 0. The number of halogens is 1. The van der Waals surface area contributed by atoms with Crippen molar-refractivity contribution in [3.05, 3.63) is 0 Å². The molecule has 1 atom stereocenters. The highest BCUT2D eigenvalue weighted by Gasteiger charge is 2.57. The van der Waals surface area contributed by atoms with E-state index in [9.17, 15) is 9.18 Å². The van der Waals surface area contributed by atoms with E-state index in [0.29, 0.717) is 6.42 Å². The van der Waals surface area contributed by atoms with Crippen LogP contribution in [0.15, 0.2) is 0 Å². The zero-order valence-electron chi connectivity index (χ0n) is 9.55. The molecule has 2 fully saturated rings. The van der Waals surface area contributed by atoms with Gasteiger partial charge in [0.15, 0.2) is 0 Å². The summed E-state index contributed by atoms with van der Waals surface area (Å²) >= 11 is 0. The summed E-state index contributed by atoms with van der Waals surface area (Å²) in [7, 11) is 0. The van der Waals surface area contributed by atoms with Crippen molar-refractivity contribution >= 4 is 6.09 Å². The zero-order chi connectivity index (χ0) is 11.3. The van der Waals surface area contributed by atoms with Crippen molar-refractivity contribution in [2.75, 3.05) is 6.54 Å². The average molecular weight is 215 g/mol. The molecule has 1 heterocycles. The quantitative estimate of drug-likeness (QED) is 0.621. The van der Waals surface area contributed by atoms with E-state index < -0.39 is 11.8 Å². The summed E-state index contributed by atoms with van der Waals surface area (Å²) in [6.07, 6.45) is 1.10. The number of hydrogen-bond acceptors (Lipinski definition) is 2. The number of rotatable bonds is 0. The van der Waals surface area contributed by atoms with E-state index in [1.54, 1.807) is 4.90 Å². The van der Waals surface area contributed by atoms with Crippen LogP contribution < -0.4 is 0 Å². The molecule has 1 aliphatic carbocycles. The molecule has 1 saturated carbocycles. The minimum atomic E-state index is -0.875. The molecule has 4 heteroatoms. The number of ether oxygens (including phenoxy) is 1. The fraction of sp³-hybridized carbons (Fsp3) is 0.909. The normalized spacial score (nSPS) is 28.3. The van der Waals surface area contributed by atoms with Crippen LogP contribution in [0.5, 0.6) is 0 Å². The van der Waals surface area contributed by atoms with Crippen molar-refractivity contribution in [3.63, 3.8) is 0 Å². The molecule has 0 aromatic carbocycles. The number of amides is 1. The molecule has 0 aromatic heterocycles. The van der Waals surface area contributed by atoms with Gasteiger partial charge in [-0.15, -0.1) is 0 Å². The highest BCUT2D eigenvalue weighted by atomic mass is 19.1. The minimum Gasteiger partial charge on any atom is -0.444 e. The lowest BCUT2D eigenvalue weighted by Crippen LogP contribution is -2.41. The topological polar surface area (TPSA) is 29.5 Å². The number of carbonyl (C=O) groups is 1. The summed E-state index contributed by atoms with van der Waals surface area (Å²) in [5, 5.41) is 0. The van der Waals surface area contributed by atoms with Gasteiger partial charge in [-0.05, 0) is 33.6 Å². The van der Waals surface area contributed by atoms with Crippen LogP contribution in [0.2, 0.25) is 0 Å². The maximum Gasteiger partial charge on any atom is 0.410 e. The molecule has 1 amide bonds. The number of alkyl halides is 1. The molecular formula is C11H18FNO2. The zero-order valence-corrected chi connectivity index (χ0v) is 9.55. The Balaban J connectivity index is 2.02. The van der Waals surface area contributed by atoms with Crippen LogP contribution in [0, 0.1) is 0 Å². The van der Waals surface area contributed by atoms with Gasteiger partial charge in [-0.2, -0.15) is 0 Å². The first-order valence-electron chi connectivity index (χ1n) is 5.47. The second-order valence-electron chi connectivity index (χ2n) is 5.62. The van der Waals surface area contributed by atoms with Gasteiger partial charge < -0.3 is 4.74 Å². The van der Waals surface area contributed by atoms with Crippen LogP contribution in [0.1, 0.15) is 40.0 Å². The lowest BCUT2D eigenvalue weighted by Gasteiger charge is -2.28. The Morgan fingerprint density at radius 3 is 2.53 bits per heavy atom. The molecule has 1 aliphatic heterocycles. The predicted molar refractivity (Wildman–Crippen MR) is 54.4 cm³/mol. The molecule has 0 radical (unpaired) electrons. The van der Waals surface area contributed by atoms with Gasteiger partial charge >= 0.3 is 6.09 Å². The Morgan fingerprint density at radius 2 is 2.07 bits per heavy atom. The van der Waals surface area contributed by atoms with Crippen molar-refractivity contribution in [2.45, 2.75) is 57.3 Å². The van der Waals surface area contributed by atoms with E-state index in [2.05, 4.69) is 0 Å². The van der Waals surface area contributed by atoms with E-state index >= 15 is 0 Å². The van der Waals surface area contributed by atoms with Gasteiger partial charge in [0, 0.05) is 12.0 Å². The molecule has 15 heavy (non-hydrogen) atoms. The maximum absolute atomic E-state index is 13.3. The van der Waals surface area contributed by atoms with Crippen molar-refractivity contribution < 1.29 is 13.9 Å². The van der Waals surface area contributed by atoms with Crippen molar-refractivity contribution in [1.29, 1.82) is 0 Å². The molecule has 2 rings (SSSR count). The standard InChI is InChI=1S/C11H18FNO2/c1-10(2,3)15-9(14)13-7-8(12)6-11(13)4-5-11/h8H,4-7H2,1-3H3/t8-/m1/s1. The summed E-state index contributed by atoms with van der Waals surface area (Å²) < 4.78 is 18.5. The average Bonchev–Trinajstić information content (AvgIpc) is 2.68. The molecule has 0 aromatic rings. The van der Waals surface area contributed by atoms with Crippen LogP contribution in [0.4, 0.5) is 9.18 Å². The largest absolute Gasteiger partial charge is 0.444 e. The molecule has 3 nitrogen and oxygen atoms in total. The number of nitrogens with zero attached hydrogens (tertiary/aromatic N) is 1. The Labute approximate surface area is 89.6 Å². The lowest BCUT2D eigenvalue weighted by molar-refractivity contribution is 0.0196. The predicted octanol–water partition coefficient (Wildman–Crippen LogP) is 2.50. The van der Waals surface area contributed by atoms with Crippen LogP contribution in [-0.2, 0) is 4.74 Å². The first-order chi connectivity index (χ1) is 6.82. The van der Waals surface area contributed by atoms with E-state index in [-0.39, 0.29) is 18.2 Å². The number of likely N-dealkylation sites (tertiary alicyclic amines) is 1. The SMILES string of the molecule is CC(C)(C)OC(=O)N1C[C@H](F)CC12CC2. The highest BCUT2D eigenvalue weighted by Crippen LogP contribution is 2.50.